The number of nitrogens with one attached hydrogen (secondary N) is 1. The molecule has 1 aliphatic rings. The number of aromatic hydroxyl groups is 1. The van der Waals surface area contributed by atoms with Crippen LogP contribution >= 0.6 is 24.8 Å². The van der Waals surface area contributed by atoms with Crippen molar-refractivity contribution in [3.8, 4) is 5.75 Å². The summed E-state index contributed by atoms with van der Waals surface area (Å²) in [5, 5.41) is 13.3. The molecule has 1 aliphatic heterocycles. The van der Waals surface area contributed by atoms with Crippen LogP contribution in [0.4, 0.5) is 8.78 Å². The lowest BCUT2D eigenvalue weighted by atomic mass is 9.80. The van der Waals surface area contributed by atoms with E-state index in [0.717, 1.165) is 32.2 Å². The molecule has 2 rings (SSSR count). The second kappa shape index (κ2) is 8.29. The maximum atomic E-state index is 13.7. The van der Waals surface area contributed by atoms with Crippen molar-refractivity contribution in [2.45, 2.75) is 26.8 Å². The Kier molecular flexibility index (Phi) is 8.06. The Hall–Kier alpha value is -0.620. The molecule has 2 N–H and O–H groups in total. The highest BCUT2D eigenvalue weighted by Crippen LogP contribution is 2.42. The monoisotopic (exact) mass is 356 g/mol. The molecular weight excluding hydrogens is 333 g/mol. The fourth-order valence-electron chi connectivity index (χ4n) is 2.93. The van der Waals surface area contributed by atoms with E-state index in [0.29, 0.717) is 5.56 Å². The minimum atomic E-state index is -1.16. The van der Waals surface area contributed by atoms with E-state index in [1.54, 1.807) is 0 Å². The van der Waals surface area contributed by atoms with Gasteiger partial charge >= 0.3 is 0 Å². The second-order valence-electron chi connectivity index (χ2n) is 6.35. The molecule has 1 aromatic carbocycles. The third-order valence-corrected chi connectivity index (χ3v) is 3.73. The van der Waals surface area contributed by atoms with Gasteiger partial charge in [0.05, 0.1) is 0 Å². The van der Waals surface area contributed by atoms with Crippen molar-refractivity contribution in [2.24, 2.45) is 5.41 Å². The van der Waals surface area contributed by atoms with Crippen molar-refractivity contribution in [1.82, 2.24) is 10.2 Å². The van der Waals surface area contributed by atoms with Gasteiger partial charge < -0.3 is 10.4 Å². The number of halogens is 4. The van der Waals surface area contributed by atoms with E-state index in [2.05, 4.69) is 10.2 Å². The second-order valence-corrected chi connectivity index (χ2v) is 6.35. The maximum absolute atomic E-state index is 13.7. The number of piperazine rings is 1. The molecule has 128 valence electrons. The van der Waals surface area contributed by atoms with Crippen molar-refractivity contribution < 1.29 is 13.9 Å². The molecule has 0 saturated carbocycles. The molecule has 22 heavy (non-hydrogen) atoms. The molecule has 1 fully saturated rings. The third-order valence-electron chi connectivity index (χ3n) is 3.73. The zero-order chi connectivity index (χ0) is 14.9. The van der Waals surface area contributed by atoms with E-state index in [4.69, 9.17) is 0 Å². The Morgan fingerprint density at radius 3 is 2.18 bits per heavy atom. The smallest absolute Gasteiger partial charge is 0.200 e. The number of hydrogen-bond acceptors (Lipinski definition) is 3. The van der Waals surface area contributed by atoms with E-state index >= 15 is 0 Å². The fraction of sp³-hybridized carbons (Fsp3) is 0.600. The van der Waals surface area contributed by atoms with Gasteiger partial charge in [0.2, 0.25) is 5.82 Å². The van der Waals surface area contributed by atoms with Crippen LogP contribution in [0.1, 0.15) is 32.4 Å². The number of phenols is 1. The van der Waals surface area contributed by atoms with Crippen molar-refractivity contribution in [1.29, 1.82) is 0 Å². The van der Waals surface area contributed by atoms with Gasteiger partial charge in [0.25, 0.3) is 0 Å². The summed E-state index contributed by atoms with van der Waals surface area (Å²) in [6.45, 7) is 9.48. The maximum Gasteiger partial charge on any atom is 0.200 e. The fourth-order valence-corrected chi connectivity index (χ4v) is 2.93. The van der Waals surface area contributed by atoms with Gasteiger partial charge in [-0.3, -0.25) is 4.90 Å². The van der Waals surface area contributed by atoms with Gasteiger partial charge in [-0.1, -0.05) is 26.8 Å². The molecule has 0 aromatic heterocycles. The first kappa shape index (κ1) is 21.4. The molecule has 7 heteroatoms. The minimum Gasteiger partial charge on any atom is -0.505 e. The lowest BCUT2D eigenvalue weighted by Gasteiger charge is -2.42. The first-order valence-corrected chi connectivity index (χ1v) is 6.94. The Balaban J connectivity index is 0.00000220. The Morgan fingerprint density at radius 1 is 1.14 bits per heavy atom. The summed E-state index contributed by atoms with van der Waals surface area (Å²) in [5.41, 5.74) is 0.261. The van der Waals surface area contributed by atoms with Gasteiger partial charge in [-0.2, -0.15) is 4.39 Å². The van der Waals surface area contributed by atoms with Crippen LogP contribution in [0, 0.1) is 17.0 Å². The average molecular weight is 357 g/mol. The predicted molar refractivity (Wildman–Crippen MR) is 89.2 cm³/mol. The summed E-state index contributed by atoms with van der Waals surface area (Å²) in [5.74, 6) is -2.74. The topological polar surface area (TPSA) is 35.5 Å². The van der Waals surface area contributed by atoms with Gasteiger partial charge in [-0.25, -0.2) is 4.39 Å². The van der Waals surface area contributed by atoms with E-state index in [1.165, 1.54) is 6.07 Å². The number of benzene rings is 1. The van der Waals surface area contributed by atoms with Crippen molar-refractivity contribution in [3.05, 3.63) is 29.3 Å². The molecule has 0 aliphatic carbocycles. The van der Waals surface area contributed by atoms with Crippen LogP contribution in [-0.4, -0.2) is 36.2 Å². The normalized spacial score (nSPS) is 17.3. The quantitative estimate of drug-likeness (QED) is 0.850. The van der Waals surface area contributed by atoms with E-state index < -0.39 is 17.4 Å². The van der Waals surface area contributed by atoms with E-state index in [1.807, 2.05) is 20.8 Å². The number of phenolic OH excluding ortho intramolecular Hbond substituents is 1. The van der Waals surface area contributed by atoms with Crippen molar-refractivity contribution >= 4 is 24.8 Å². The number of rotatable bonds is 2. The van der Waals surface area contributed by atoms with Crippen LogP contribution in [0.15, 0.2) is 12.1 Å². The van der Waals surface area contributed by atoms with Crippen LogP contribution in [0.2, 0.25) is 0 Å². The van der Waals surface area contributed by atoms with Gasteiger partial charge in [-0.05, 0) is 11.5 Å². The Labute approximate surface area is 142 Å². The first-order valence-electron chi connectivity index (χ1n) is 6.94. The van der Waals surface area contributed by atoms with Gasteiger partial charge in [0.15, 0.2) is 11.6 Å². The SMILES string of the molecule is CC(C)(C)[C@H](c1ccc(F)c(F)c1O)N1CCNCC1.Cl.Cl. The van der Waals surface area contributed by atoms with E-state index in [9.17, 15) is 13.9 Å². The summed E-state index contributed by atoms with van der Waals surface area (Å²) < 4.78 is 26.9. The molecule has 1 atom stereocenters. The largest absolute Gasteiger partial charge is 0.505 e. The molecule has 0 bridgehead atoms. The molecule has 1 heterocycles. The molecule has 0 amide bonds. The van der Waals surface area contributed by atoms with Gasteiger partial charge in [0, 0.05) is 37.8 Å². The van der Waals surface area contributed by atoms with Crippen LogP contribution in [0.5, 0.6) is 5.75 Å². The van der Waals surface area contributed by atoms with Crippen LogP contribution in [0.25, 0.3) is 0 Å². The lowest BCUT2D eigenvalue weighted by molar-refractivity contribution is 0.0836. The van der Waals surface area contributed by atoms with Crippen LogP contribution < -0.4 is 5.32 Å². The predicted octanol–water partition coefficient (Wildman–Crippen LogP) is 3.51. The zero-order valence-electron chi connectivity index (χ0n) is 13.0. The molecule has 0 unspecified atom stereocenters. The summed E-state index contributed by atoms with van der Waals surface area (Å²) in [6, 6.07) is 2.43. The van der Waals surface area contributed by atoms with Crippen LogP contribution in [-0.2, 0) is 0 Å². The summed E-state index contributed by atoms with van der Waals surface area (Å²) >= 11 is 0. The standard InChI is InChI=1S/C15H22F2N2O.2ClH/c1-15(2,3)14(19-8-6-18-7-9-19)10-4-5-11(16)12(17)13(10)20;;/h4-5,14,18,20H,6-9H2,1-3H3;2*1H/t14-;;/m0../s1. The van der Waals surface area contributed by atoms with Crippen LogP contribution in [0.3, 0.4) is 0 Å². The van der Waals surface area contributed by atoms with Crippen molar-refractivity contribution in [3.63, 3.8) is 0 Å². The molecular formula is C15H24Cl2F2N2O. The molecule has 3 nitrogen and oxygen atoms in total. The van der Waals surface area contributed by atoms with Crippen molar-refractivity contribution in [2.75, 3.05) is 26.2 Å². The zero-order valence-corrected chi connectivity index (χ0v) is 14.7. The summed E-state index contributed by atoms with van der Waals surface area (Å²) in [7, 11) is 0. The summed E-state index contributed by atoms with van der Waals surface area (Å²) in [6.07, 6.45) is 0. The lowest BCUT2D eigenvalue weighted by Crippen LogP contribution is -2.48. The highest BCUT2D eigenvalue weighted by Gasteiger charge is 2.35. The number of nitrogens with zero attached hydrogens (tertiary/aromatic N) is 1. The highest BCUT2D eigenvalue weighted by molar-refractivity contribution is 5.85. The molecule has 1 saturated heterocycles. The average Bonchev–Trinajstić information content (AvgIpc) is 2.39. The first-order chi connectivity index (χ1) is 9.32. The summed E-state index contributed by atoms with van der Waals surface area (Å²) in [4.78, 5) is 2.21. The van der Waals surface area contributed by atoms with Gasteiger partial charge in [0.1, 0.15) is 0 Å². The highest BCUT2D eigenvalue weighted by atomic mass is 35.5. The molecule has 0 radical (unpaired) electrons. The Morgan fingerprint density at radius 2 is 1.68 bits per heavy atom. The van der Waals surface area contributed by atoms with Gasteiger partial charge in [-0.15, -0.1) is 24.8 Å². The molecule has 0 spiro atoms. The number of hydrogen-bond donors (Lipinski definition) is 2. The Bertz CT molecular complexity index is 489. The third kappa shape index (κ3) is 4.44. The minimum absolute atomic E-state index is 0. The molecule has 1 aromatic rings. The van der Waals surface area contributed by atoms with E-state index in [-0.39, 0.29) is 36.3 Å².